The second-order valence-corrected chi connectivity index (χ2v) is 6.01. The zero-order valence-electron chi connectivity index (χ0n) is 14.7. The lowest BCUT2D eigenvalue weighted by Gasteiger charge is -2.06. The number of rotatable bonds is 7. The second kappa shape index (κ2) is 8.35. The number of hydrogen-bond acceptors (Lipinski definition) is 5. The molecule has 0 spiro atoms. The standard InChI is InChI=1S/C19H22N6O/c1-14-6-7-16(23-12-14)18-11-17(19(26)22-10-3-2-8-20)24-25(18)15-5-4-9-21-13-15/h4-7,9,11-13H,2-3,8,10,20H2,1H3,(H,22,26). The molecule has 0 aliphatic carbocycles. The number of nitrogens with two attached hydrogens (primary N) is 1. The van der Waals surface area contributed by atoms with Gasteiger partial charge in [-0.15, -0.1) is 0 Å². The van der Waals surface area contributed by atoms with Crippen molar-refractivity contribution in [2.45, 2.75) is 19.8 Å². The van der Waals surface area contributed by atoms with E-state index >= 15 is 0 Å². The summed E-state index contributed by atoms with van der Waals surface area (Å²) in [7, 11) is 0. The van der Waals surface area contributed by atoms with Crippen LogP contribution in [0.25, 0.3) is 17.1 Å². The second-order valence-electron chi connectivity index (χ2n) is 6.01. The van der Waals surface area contributed by atoms with Crippen molar-refractivity contribution < 1.29 is 4.79 Å². The lowest BCUT2D eigenvalue weighted by Crippen LogP contribution is -2.25. The Kier molecular flexibility index (Phi) is 5.70. The molecule has 7 nitrogen and oxygen atoms in total. The average molecular weight is 350 g/mol. The van der Waals surface area contributed by atoms with Gasteiger partial charge in [-0.05, 0) is 56.1 Å². The van der Waals surface area contributed by atoms with Gasteiger partial charge in [0.1, 0.15) is 0 Å². The van der Waals surface area contributed by atoms with Crippen LogP contribution in [-0.2, 0) is 0 Å². The van der Waals surface area contributed by atoms with Crippen LogP contribution in [0.3, 0.4) is 0 Å². The zero-order chi connectivity index (χ0) is 18.4. The number of hydrogen-bond donors (Lipinski definition) is 2. The molecule has 0 fully saturated rings. The summed E-state index contributed by atoms with van der Waals surface area (Å²) in [6.07, 6.45) is 6.92. The Morgan fingerprint density at radius 1 is 1.23 bits per heavy atom. The number of unbranched alkanes of at least 4 members (excludes halogenated alkanes) is 1. The topological polar surface area (TPSA) is 98.7 Å². The van der Waals surface area contributed by atoms with Crippen LogP contribution >= 0.6 is 0 Å². The number of pyridine rings is 2. The molecular formula is C19H22N6O. The van der Waals surface area contributed by atoms with Gasteiger partial charge in [0.05, 0.1) is 23.3 Å². The highest BCUT2D eigenvalue weighted by Crippen LogP contribution is 2.22. The van der Waals surface area contributed by atoms with E-state index in [9.17, 15) is 4.79 Å². The number of nitrogens with zero attached hydrogens (tertiary/aromatic N) is 4. The molecule has 134 valence electrons. The quantitative estimate of drug-likeness (QED) is 0.636. The van der Waals surface area contributed by atoms with Crippen molar-refractivity contribution in [2.24, 2.45) is 5.73 Å². The van der Waals surface area contributed by atoms with E-state index < -0.39 is 0 Å². The van der Waals surface area contributed by atoms with Crippen molar-refractivity contribution >= 4 is 5.91 Å². The lowest BCUT2D eigenvalue weighted by atomic mass is 10.2. The first-order valence-corrected chi connectivity index (χ1v) is 8.61. The summed E-state index contributed by atoms with van der Waals surface area (Å²) in [4.78, 5) is 21.0. The van der Waals surface area contributed by atoms with E-state index in [0.717, 1.165) is 35.5 Å². The molecule has 0 aromatic carbocycles. The third kappa shape index (κ3) is 4.12. The molecule has 0 radical (unpaired) electrons. The normalized spacial score (nSPS) is 10.7. The first-order chi connectivity index (χ1) is 12.7. The van der Waals surface area contributed by atoms with Gasteiger partial charge < -0.3 is 11.1 Å². The van der Waals surface area contributed by atoms with E-state index in [2.05, 4.69) is 20.4 Å². The fourth-order valence-electron chi connectivity index (χ4n) is 2.53. The fraction of sp³-hybridized carbons (Fsp3) is 0.263. The highest BCUT2D eigenvalue weighted by molar-refractivity contribution is 5.93. The summed E-state index contributed by atoms with van der Waals surface area (Å²) in [5, 5.41) is 7.36. The van der Waals surface area contributed by atoms with Crippen LogP contribution < -0.4 is 11.1 Å². The van der Waals surface area contributed by atoms with Crippen LogP contribution in [0.15, 0.2) is 48.9 Å². The summed E-state index contributed by atoms with van der Waals surface area (Å²) in [6, 6.07) is 9.37. The summed E-state index contributed by atoms with van der Waals surface area (Å²) in [5.41, 5.74) is 9.15. The Balaban J connectivity index is 1.93. The minimum atomic E-state index is -0.210. The van der Waals surface area contributed by atoms with Crippen molar-refractivity contribution in [1.29, 1.82) is 0 Å². The maximum atomic E-state index is 12.4. The number of amides is 1. The number of aromatic nitrogens is 4. The molecule has 3 N–H and O–H groups in total. The molecule has 0 aliphatic rings. The van der Waals surface area contributed by atoms with E-state index in [1.54, 1.807) is 29.3 Å². The highest BCUT2D eigenvalue weighted by atomic mass is 16.1. The van der Waals surface area contributed by atoms with Crippen molar-refractivity contribution in [1.82, 2.24) is 25.1 Å². The first kappa shape index (κ1) is 17.8. The van der Waals surface area contributed by atoms with Crippen molar-refractivity contribution in [3.05, 3.63) is 60.2 Å². The predicted octanol–water partition coefficient (Wildman–Crippen LogP) is 2.11. The molecule has 3 aromatic heterocycles. The average Bonchev–Trinajstić information content (AvgIpc) is 3.12. The van der Waals surface area contributed by atoms with Gasteiger partial charge >= 0.3 is 0 Å². The van der Waals surface area contributed by atoms with Crippen molar-refractivity contribution in [3.8, 4) is 17.1 Å². The van der Waals surface area contributed by atoms with E-state index in [1.807, 2.05) is 31.2 Å². The molecular weight excluding hydrogens is 328 g/mol. The Morgan fingerprint density at radius 3 is 2.81 bits per heavy atom. The van der Waals surface area contributed by atoms with Gasteiger partial charge in [-0.1, -0.05) is 6.07 Å². The minimum Gasteiger partial charge on any atom is -0.351 e. The Labute approximate surface area is 152 Å². The van der Waals surface area contributed by atoms with E-state index in [-0.39, 0.29) is 5.91 Å². The maximum absolute atomic E-state index is 12.4. The molecule has 1 amide bonds. The molecule has 26 heavy (non-hydrogen) atoms. The van der Waals surface area contributed by atoms with Gasteiger partial charge in [0, 0.05) is 18.9 Å². The van der Waals surface area contributed by atoms with Gasteiger partial charge in [0.25, 0.3) is 5.91 Å². The molecule has 3 aromatic rings. The lowest BCUT2D eigenvalue weighted by molar-refractivity contribution is 0.0947. The van der Waals surface area contributed by atoms with Crippen LogP contribution in [-0.4, -0.2) is 38.7 Å². The fourth-order valence-corrected chi connectivity index (χ4v) is 2.53. The highest BCUT2D eigenvalue weighted by Gasteiger charge is 2.17. The molecule has 0 saturated heterocycles. The largest absolute Gasteiger partial charge is 0.351 e. The first-order valence-electron chi connectivity index (χ1n) is 8.61. The zero-order valence-corrected chi connectivity index (χ0v) is 14.7. The summed E-state index contributed by atoms with van der Waals surface area (Å²) in [5.74, 6) is -0.210. The molecule has 7 heteroatoms. The predicted molar refractivity (Wildman–Crippen MR) is 99.9 cm³/mol. The summed E-state index contributed by atoms with van der Waals surface area (Å²) >= 11 is 0. The number of aryl methyl sites for hydroxylation is 1. The third-order valence-electron chi connectivity index (χ3n) is 3.92. The van der Waals surface area contributed by atoms with Gasteiger partial charge in [0.15, 0.2) is 5.69 Å². The minimum absolute atomic E-state index is 0.210. The van der Waals surface area contributed by atoms with Crippen molar-refractivity contribution in [2.75, 3.05) is 13.1 Å². The smallest absolute Gasteiger partial charge is 0.271 e. The van der Waals surface area contributed by atoms with Crippen LogP contribution in [0.2, 0.25) is 0 Å². The monoisotopic (exact) mass is 350 g/mol. The summed E-state index contributed by atoms with van der Waals surface area (Å²) in [6.45, 7) is 3.18. The number of carbonyl (C=O) groups is 1. The molecule has 0 aliphatic heterocycles. The molecule has 0 saturated carbocycles. The Morgan fingerprint density at radius 2 is 2.12 bits per heavy atom. The molecule has 0 unspecified atom stereocenters. The van der Waals surface area contributed by atoms with Gasteiger partial charge in [-0.2, -0.15) is 5.10 Å². The number of nitrogens with one attached hydrogen (secondary N) is 1. The molecule has 3 heterocycles. The molecule has 0 atom stereocenters. The molecule has 3 rings (SSSR count). The Hall–Kier alpha value is -3.06. The van der Waals surface area contributed by atoms with Crippen LogP contribution in [0.4, 0.5) is 0 Å². The van der Waals surface area contributed by atoms with Crippen LogP contribution in [0.5, 0.6) is 0 Å². The maximum Gasteiger partial charge on any atom is 0.271 e. The van der Waals surface area contributed by atoms with E-state index in [0.29, 0.717) is 18.8 Å². The van der Waals surface area contributed by atoms with Crippen molar-refractivity contribution in [3.63, 3.8) is 0 Å². The van der Waals surface area contributed by atoms with Gasteiger partial charge in [0.2, 0.25) is 0 Å². The molecule has 0 bridgehead atoms. The SMILES string of the molecule is Cc1ccc(-c2cc(C(=O)NCCCCN)nn2-c2cccnc2)nc1. The van der Waals surface area contributed by atoms with Crippen LogP contribution in [0, 0.1) is 6.92 Å². The third-order valence-corrected chi connectivity index (χ3v) is 3.92. The van der Waals surface area contributed by atoms with Gasteiger partial charge in [-0.25, -0.2) is 4.68 Å². The van der Waals surface area contributed by atoms with Gasteiger partial charge in [-0.3, -0.25) is 14.8 Å². The Bertz CT molecular complexity index is 857. The number of carbonyl (C=O) groups excluding carboxylic acids is 1. The van der Waals surface area contributed by atoms with E-state index in [1.165, 1.54) is 0 Å². The summed E-state index contributed by atoms with van der Waals surface area (Å²) < 4.78 is 1.69. The van der Waals surface area contributed by atoms with Crippen LogP contribution in [0.1, 0.15) is 28.9 Å². The van der Waals surface area contributed by atoms with E-state index in [4.69, 9.17) is 5.73 Å².